The van der Waals surface area contributed by atoms with Crippen LogP contribution in [0.25, 0.3) is 0 Å². The molecule has 0 radical (unpaired) electrons. The van der Waals surface area contributed by atoms with Crippen LogP contribution >= 0.6 is 0 Å². The van der Waals surface area contributed by atoms with Crippen molar-refractivity contribution < 1.29 is 4.79 Å². The van der Waals surface area contributed by atoms with Crippen molar-refractivity contribution in [1.82, 2.24) is 24.9 Å². The predicted molar refractivity (Wildman–Crippen MR) is 58.2 cm³/mol. The molecule has 17 heavy (non-hydrogen) atoms. The van der Waals surface area contributed by atoms with Gasteiger partial charge >= 0.3 is 5.91 Å². The van der Waals surface area contributed by atoms with E-state index < -0.39 is 5.91 Å². The fourth-order valence-corrected chi connectivity index (χ4v) is 1.09. The quantitative estimate of drug-likeness (QED) is 0.271. The van der Waals surface area contributed by atoms with Gasteiger partial charge in [-0.3, -0.25) is 4.79 Å². The van der Waals surface area contributed by atoms with Crippen molar-refractivity contribution in [3.8, 4) is 0 Å². The number of nitrogens with one attached hydrogen (secondary N) is 1. The third-order valence-corrected chi connectivity index (χ3v) is 1.79. The first kappa shape index (κ1) is 10.8. The molecule has 10 heteroatoms. The van der Waals surface area contributed by atoms with Gasteiger partial charge in [-0.15, -0.1) is 0 Å². The minimum atomic E-state index is -0.625. The van der Waals surface area contributed by atoms with Crippen molar-refractivity contribution in [2.24, 2.45) is 5.84 Å². The molecule has 0 spiro atoms. The van der Waals surface area contributed by atoms with E-state index in [0.717, 1.165) is 0 Å². The Kier molecular flexibility index (Phi) is 2.54. The molecule has 0 aliphatic carbocycles. The topological polar surface area (TPSA) is 166 Å². The van der Waals surface area contributed by atoms with E-state index in [2.05, 4.69) is 24.9 Å². The number of hydrogen-bond acceptors (Lipinski definition) is 8. The Labute approximate surface area is 94.9 Å². The first-order chi connectivity index (χ1) is 8.08. The number of amides is 1. The van der Waals surface area contributed by atoms with Crippen LogP contribution < -0.4 is 22.3 Å². The fraction of sp³-hybridized carbons (Fsp3) is 0. The molecule has 10 nitrogen and oxygen atoms in total. The van der Waals surface area contributed by atoms with Crippen LogP contribution in [0, 0.1) is 0 Å². The summed E-state index contributed by atoms with van der Waals surface area (Å²) >= 11 is 0. The number of nitrogens with zero attached hydrogens (tertiary/aromatic N) is 5. The Balaban J connectivity index is 2.31. The Morgan fingerprint density at radius 2 is 1.88 bits per heavy atom. The number of H-pyrrole nitrogens is 1. The molecule has 0 atom stereocenters. The van der Waals surface area contributed by atoms with Gasteiger partial charge in [0.1, 0.15) is 0 Å². The third kappa shape index (κ3) is 2.10. The maximum absolute atomic E-state index is 11.8. The molecule has 88 valence electrons. The highest BCUT2D eigenvalue weighted by atomic mass is 16.2. The zero-order valence-electron chi connectivity index (χ0n) is 8.53. The monoisotopic (exact) mass is 235 g/mol. The zero-order chi connectivity index (χ0) is 12.4. The molecule has 1 amide bonds. The van der Waals surface area contributed by atoms with Gasteiger partial charge in [0.25, 0.3) is 5.95 Å². The molecule has 0 aliphatic heterocycles. The second kappa shape index (κ2) is 4.02. The minimum Gasteiger partial charge on any atom is -0.368 e. The summed E-state index contributed by atoms with van der Waals surface area (Å²) in [6.07, 6.45) is 2.90. The largest absolute Gasteiger partial charge is 0.368 e. The number of aromatic nitrogens is 5. The summed E-state index contributed by atoms with van der Waals surface area (Å²) in [4.78, 5) is 29.0. The lowest BCUT2D eigenvalue weighted by Crippen LogP contribution is -2.39. The number of nitrogens with two attached hydrogens (primary N) is 3. The van der Waals surface area contributed by atoms with Gasteiger partial charge in [-0.05, 0) is 0 Å². The van der Waals surface area contributed by atoms with E-state index in [4.69, 9.17) is 17.3 Å². The summed E-state index contributed by atoms with van der Waals surface area (Å²) < 4.78 is 0. The lowest BCUT2D eigenvalue weighted by molar-refractivity contribution is 0.0976. The summed E-state index contributed by atoms with van der Waals surface area (Å²) in [5.74, 6) is 4.53. The number of hydrazine groups is 1. The molecule has 0 aliphatic rings. The molecule has 2 rings (SSSR count). The van der Waals surface area contributed by atoms with Crippen molar-refractivity contribution in [2.75, 3.05) is 16.5 Å². The van der Waals surface area contributed by atoms with Gasteiger partial charge < -0.3 is 16.5 Å². The Hall–Kier alpha value is -2.75. The van der Waals surface area contributed by atoms with Crippen LogP contribution in [0.1, 0.15) is 10.6 Å². The van der Waals surface area contributed by atoms with Crippen LogP contribution in [0.3, 0.4) is 0 Å². The lowest BCUT2D eigenvalue weighted by atomic mass is 10.5. The molecular formula is C7H9N9O. The van der Waals surface area contributed by atoms with Crippen molar-refractivity contribution in [3.63, 3.8) is 0 Å². The second-order valence-corrected chi connectivity index (χ2v) is 2.96. The molecule has 0 fully saturated rings. The summed E-state index contributed by atoms with van der Waals surface area (Å²) in [5.41, 5.74) is 10.7. The van der Waals surface area contributed by atoms with Gasteiger partial charge in [0.05, 0.1) is 0 Å². The maximum Gasteiger partial charge on any atom is 0.310 e. The van der Waals surface area contributed by atoms with Crippen LogP contribution in [0.5, 0.6) is 0 Å². The smallest absolute Gasteiger partial charge is 0.310 e. The van der Waals surface area contributed by atoms with Gasteiger partial charge in [0, 0.05) is 12.4 Å². The van der Waals surface area contributed by atoms with E-state index in [1.54, 1.807) is 0 Å². The van der Waals surface area contributed by atoms with Crippen molar-refractivity contribution in [2.45, 2.75) is 0 Å². The van der Waals surface area contributed by atoms with E-state index in [0.29, 0.717) is 5.01 Å². The zero-order valence-corrected chi connectivity index (χ0v) is 8.53. The average Bonchev–Trinajstić information content (AvgIpc) is 2.79. The standard InChI is InChI=1S/C7H9N9O/c8-5-13-6(9)15-7(14-5)16(10)4(17)3-11-1-2-12-3/h1-2H,10H2,(H,11,12)(H4,8,9,13,14,15). The third-order valence-electron chi connectivity index (χ3n) is 1.79. The Morgan fingerprint density at radius 1 is 1.24 bits per heavy atom. The van der Waals surface area contributed by atoms with Crippen LogP contribution in [-0.4, -0.2) is 30.8 Å². The SMILES string of the molecule is Nc1nc(N)nc(N(N)C(=O)c2ncc[nH]2)n1. The highest BCUT2D eigenvalue weighted by molar-refractivity contribution is 6.01. The van der Waals surface area contributed by atoms with Crippen LogP contribution in [-0.2, 0) is 0 Å². The molecule has 2 aromatic rings. The molecule has 2 heterocycles. The average molecular weight is 235 g/mol. The molecule has 0 unspecified atom stereocenters. The molecule has 0 saturated heterocycles. The summed E-state index contributed by atoms with van der Waals surface area (Å²) in [6, 6.07) is 0. The molecule has 0 aromatic carbocycles. The van der Waals surface area contributed by atoms with Crippen molar-refractivity contribution in [1.29, 1.82) is 0 Å². The Bertz CT molecular complexity index is 516. The number of imidazole rings is 1. The number of carbonyl (C=O) groups excluding carboxylic acids is 1. The normalized spacial score (nSPS) is 10.2. The summed E-state index contributed by atoms with van der Waals surface area (Å²) in [5, 5.41) is 0.674. The van der Waals surface area contributed by atoms with Crippen molar-refractivity contribution >= 4 is 23.8 Å². The maximum atomic E-state index is 11.8. The van der Waals surface area contributed by atoms with Gasteiger partial charge in [-0.1, -0.05) is 0 Å². The molecule has 2 aromatic heterocycles. The number of aromatic amines is 1. The van der Waals surface area contributed by atoms with Gasteiger partial charge in [0.2, 0.25) is 11.9 Å². The molecule has 7 N–H and O–H groups in total. The van der Waals surface area contributed by atoms with E-state index in [1.807, 2.05) is 0 Å². The predicted octanol–water partition coefficient (Wildman–Crippen LogP) is -1.72. The number of carbonyl (C=O) groups is 1. The van der Waals surface area contributed by atoms with Gasteiger partial charge in [-0.25, -0.2) is 15.8 Å². The van der Waals surface area contributed by atoms with E-state index in [9.17, 15) is 4.79 Å². The van der Waals surface area contributed by atoms with E-state index in [-0.39, 0.29) is 23.7 Å². The summed E-state index contributed by atoms with van der Waals surface area (Å²) in [7, 11) is 0. The molecule has 0 saturated carbocycles. The summed E-state index contributed by atoms with van der Waals surface area (Å²) in [6.45, 7) is 0. The molecular weight excluding hydrogens is 226 g/mol. The van der Waals surface area contributed by atoms with Gasteiger partial charge in [-0.2, -0.15) is 15.0 Å². The van der Waals surface area contributed by atoms with Crippen molar-refractivity contribution in [3.05, 3.63) is 18.2 Å². The minimum absolute atomic E-state index is 0.0463. The number of hydrogen-bond donors (Lipinski definition) is 4. The highest BCUT2D eigenvalue weighted by Gasteiger charge is 2.19. The second-order valence-electron chi connectivity index (χ2n) is 2.96. The first-order valence-electron chi connectivity index (χ1n) is 4.43. The van der Waals surface area contributed by atoms with Crippen LogP contribution in [0.15, 0.2) is 12.4 Å². The van der Waals surface area contributed by atoms with E-state index in [1.165, 1.54) is 12.4 Å². The lowest BCUT2D eigenvalue weighted by Gasteiger charge is -2.12. The van der Waals surface area contributed by atoms with Gasteiger partial charge in [0.15, 0.2) is 5.82 Å². The first-order valence-corrected chi connectivity index (χ1v) is 4.43. The van der Waals surface area contributed by atoms with Crippen LogP contribution in [0.4, 0.5) is 17.8 Å². The van der Waals surface area contributed by atoms with E-state index >= 15 is 0 Å². The number of anilines is 3. The Morgan fingerprint density at radius 3 is 2.41 bits per heavy atom. The fourth-order valence-electron chi connectivity index (χ4n) is 1.09. The number of nitrogen functional groups attached to an aromatic ring is 2. The highest BCUT2D eigenvalue weighted by Crippen LogP contribution is 2.08. The van der Waals surface area contributed by atoms with Crippen LogP contribution in [0.2, 0.25) is 0 Å². The molecule has 0 bridgehead atoms. The number of rotatable bonds is 2.